The molecular weight excluding hydrogens is 479 g/mol. The lowest BCUT2D eigenvalue weighted by molar-refractivity contribution is -0.534. The van der Waals surface area contributed by atoms with Gasteiger partial charge in [0.25, 0.3) is 0 Å². The lowest BCUT2D eigenvalue weighted by atomic mass is 10.0. The number of amidine groups is 1. The number of rotatable bonds is 17. The lowest BCUT2D eigenvalue weighted by Crippen LogP contribution is -3.00. The Bertz CT molecular complexity index is 555. The van der Waals surface area contributed by atoms with Crippen molar-refractivity contribution in [3.05, 3.63) is 35.9 Å². The van der Waals surface area contributed by atoms with Gasteiger partial charge in [-0.25, -0.2) is 0 Å². The van der Waals surface area contributed by atoms with Crippen LogP contribution >= 0.6 is 0 Å². The monoisotopic (exact) mass is 526 g/mol. The fourth-order valence-corrected chi connectivity index (χ4v) is 4.53. The number of unbranched alkanes of at least 4 members (excludes halogenated alkanes) is 13. The molecule has 0 saturated carbocycles. The molecule has 2 nitrogen and oxygen atoms in total. The molecular formula is C27H47IN2. The summed E-state index contributed by atoms with van der Waals surface area (Å²) in [5.74, 6) is 1.48. The maximum atomic E-state index is 2.60. The van der Waals surface area contributed by atoms with E-state index in [1.165, 1.54) is 121 Å². The third kappa shape index (κ3) is 11.7. The summed E-state index contributed by atoms with van der Waals surface area (Å²) in [6, 6.07) is 10.9. The van der Waals surface area contributed by atoms with Crippen LogP contribution in [0.15, 0.2) is 30.3 Å². The smallest absolute Gasteiger partial charge is 0.244 e. The Labute approximate surface area is 204 Å². The Morgan fingerprint density at radius 2 is 1.23 bits per heavy atom. The first kappa shape index (κ1) is 27.5. The molecule has 3 heteroatoms. The molecule has 0 saturated heterocycles. The number of nitrogens with zero attached hydrogens (tertiary/aromatic N) is 2. The number of benzene rings is 1. The van der Waals surface area contributed by atoms with Crippen LogP contribution < -0.4 is 24.0 Å². The third-order valence-electron chi connectivity index (χ3n) is 6.55. The molecule has 0 aromatic heterocycles. The second kappa shape index (κ2) is 18.0. The van der Waals surface area contributed by atoms with E-state index in [2.05, 4.69) is 53.7 Å². The first-order valence-electron chi connectivity index (χ1n) is 12.7. The zero-order valence-corrected chi connectivity index (χ0v) is 22.0. The minimum atomic E-state index is 0. The summed E-state index contributed by atoms with van der Waals surface area (Å²) in [6.07, 6.45) is 20.1. The summed E-state index contributed by atoms with van der Waals surface area (Å²) < 4.78 is 2.54. The van der Waals surface area contributed by atoms with Crippen molar-refractivity contribution in [1.29, 1.82) is 0 Å². The molecule has 0 aliphatic carbocycles. The van der Waals surface area contributed by atoms with Gasteiger partial charge in [-0.15, -0.1) is 0 Å². The summed E-state index contributed by atoms with van der Waals surface area (Å²) in [5.41, 5.74) is 1.42. The van der Waals surface area contributed by atoms with Gasteiger partial charge in [-0.2, -0.15) is 0 Å². The van der Waals surface area contributed by atoms with Gasteiger partial charge in [0.2, 0.25) is 5.84 Å². The van der Waals surface area contributed by atoms with Crippen LogP contribution in [0.1, 0.15) is 109 Å². The fraction of sp³-hybridized carbons (Fsp3) is 0.741. The highest BCUT2D eigenvalue weighted by Gasteiger charge is 2.25. The van der Waals surface area contributed by atoms with Gasteiger partial charge in [0.15, 0.2) is 0 Å². The summed E-state index contributed by atoms with van der Waals surface area (Å²) in [7, 11) is 0. The SMILES string of the molecule is CCCCCCCCCCCCCCCCN1CC[N+](Cc2ccccc2)=C1C.[I-]. The van der Waals surface area contributed by atoms with Crippen LogP contribution in [-0.4, -0.2) is 34.9 Å². The molecule has 0 bridgehead atoms. The molecule has 0 N–H and O–H groups in total. The van der Waals surface area contributed by atoms with E-state index in [4.69, 9.17) is 0 Å². The number of hydrogen-bond acceptors (Lipinski definition) is 1. The summed E-state index contributed by atoms with van der Waals surface area (Å²) >= 11 is 0. The first-order chi connectivity index (χ1) is 14.3. The van der Waals surface area contributed by atoms with Gasteiger partial charge in [-0.05, 0) is 18.4 Å². The minimum absolute atomic E-state index is 0. The third-order valence-corrected chi connectivity index (χ3v) is 6.55. The van der Waals surface area contributed by atoms with Crippen molar-refractivity contribution >= 4 is 5.84 Å². The van der Waals surface area contributed by atoms with E-state index in [9.17, 15) is 0 Å². The van der Waals surface area contributed by atoms with E-state index in [1.54, 1.807) is 0 Å². The Balaban J connectivity index is 0.00000450. The predicted octanol–water partition coefficient (Wildman–Crippen LogP) is 4.42. The molecule has 0 unspecified atom stereocenters. The summed E-state index contributed by atoms with van der Waals surface area (Å²) in [5, 5.41) is 0. The highest BCUT2D eigenvalue weighted by Crippen LogP contribution is 2.14. The molecule has 1 aliphatic rings. The second-order valence-corrected chi connectivity index (χ2v) is 9.04. The highest BCUT2D eigenvalue weighted by atomic mass is 127. The van der Waals surface area contributed by atoms with Crippen LogP contribution in [0.3, 0.4) is 0 Å². The quantitative estimate of drug-likeness (QED) is 0.166. The molecule has 172 valence electrons. The van der Waals surface area contributed by atoms with E-state index in [-0.39, 0.29) is 24.0 Å². The van der Waals surface area contributed by atoms with Crippen LogP contribution in [0.25, 0.3) is 0 Å². The maximum absolute atomic E-state index is 2.60. The standard InChI is InChI=1S/C27H47N2.HI/c1-3-4-5-6-7-8-9-10-11-12-13-14-15-19-22-28-23-24-29(26(28)2)25-27-20-17-16-18-21-27;/h16-18,20-21H,3-15,19,22-25H2,1-2H3;1H/q+1;/p-1. The molecule has 1 heterocycles. The zero-order valence-electron chi connectivity index (χ0n) is 19.9. The van der Waals surface area contributed by atoms with Crippen LogP contribution in [0.4, 0.5) is 0 Å². The van der Waals surface area contributed by atoms with Gasteiger partial charge >= 0.3 is 0 Å². The van der Waals surface area contributed by atoms with Crippen molar-refractivity contribution in [1.82, 2.24) is 4.90 Å². The molecule has 0 atom stereocenters. The Morgan fingerprint density at radius 3 is 1.77 bits per heavy atom. The molecule has 30 heavy (non-hydrogen) atoms. The van der Waals surface area contributed by atoms with E-state index in [0.717, 1.165) is 6.54 Å². The molecule has 1 aromatic rings. The minimum Gasteiger partial charge on any atom is -1.00 e. The van der Waals surface area contributed by atoms with E-state index in [1.807, 2.05) is 0 Å². The van der Waals surface area contributed by atoms with Crippen LogP contribution in [0.5, 0.6) is 0 Å². The first-order valence-corrected chi connectivity index (χ1v) is 12.7. The van der Waals surface area contributed by atoms with Gasteiger partial charge in [0.05, 0.1) is 6.54 Å². The van der Waals surface area contributed by atoms with Crippen molar-refractivity contribution in [2.24, 2.45) is 0 Å². The largest absolute Gasteiger partial charge is 1.00 e. The van der Waals surface area contributed by atoms with Crippen molar-refractivity contribution in [2.75, 3.05) is 19.6 Å². The fourth-order valence-electron chi connectivity index (χ4n) is 4.53. The van der Waals surface area contributed by atoms with Gasteiger partial charge in [-0.1, -0.05) is 114 Å². The summed E-state index contributed by atoms with van der Waals surface area (Å²) in [4.78, 5) is 2.60. The zero-order chi connectivity index (χ0) is 20.6. The van der Waals surface area contributed by atoms with E-state index >= 15 is 0 Å². The van der Waals surface area contributed by atoms with Crippen molar-refractivity contribution in [3.63, 3.8) is 0 Å². The molecule has 0 fully saturated rings. The highest BCUT2D eigenvalue weighted by molar-refractivity contribution is 5.75. The van der Waals surface area contributed by atoms with Crippen molar-refractivity contribution in [3.8, 4) is 0 Å². The van der Waals surface area contributed by atoms with Gasteiger partial charge in [0.1, 0.15) is 19.6 Å². The molecule has 0 amide bonds. The predicted molar refractivity (Wildman–Crippen MR) is 128 cm³/mol. The van der Waals surface area contributed by atoms with Crippen molar-refractivity contribution in [2.45, 2.75) is 110 Å². The van der Waals surface area contributed by atoms with E-state index in [0.29, 0.717) is 0 Å². The Kier molecular flexibility index (Phi) is 16.5. The average molecular weight is 527 g/mol. The van der Waals surface area contributed by atoms with Crippen LogP contribution in [0, 0.1) is 0 Å². The topological polar surface area (TPSA) is 6.25 Å². The van der Waals surface area contributed by atoms with Gasteiger partial charge in [-0.3, -0.25) is 9.48 Å². The number of hydrogen-bond donors (Lipinski definition) is 0. The molecule has 1 aliphatic heterocycles. The summed E-state index contributed by atoms with van der Waals surface area (Å²) in [6.45, 7) is 9.29. The Morgan fingerprint density at radius 1 is 0.733 bits per heavy atom. The van der Waals surface area contributed by atoms with Crippen LogP contribution in [-0.2, 0) is 6.54 Å². The second-order valence-electron chi connectivity index (χ2n) is 9.04. The number of halogens is 1. The lowest BCUT2D eigenvalue weighted by Gasteiger charge is -2.11. The molecule has 0 spiro atoms. The van der Waals surface area contributed by atoms with E-state index < -0.39 is 0 Å². The molecule has 0 radical (unpaired) electrons. The normalized spacial score (nSPS) is 13.7. The van der Waals surface area contributed by atoms with Gasteiger partial charge in [0, 0.05) is 6.92 Å². The van der Waals surface area contributed by atoms with Crippen molar-refractivity contribution < 1.29 is 28.6 Å². The Hall–Kier alpha value is -0.580. The molecule has 2 rings (SSSR count). The van der Waals surface area contributed by atoms with Gasteiger partial charge < -0.3 is 24.0 Å². The maximum Gasteiger partial charge on any atom is 0.244 e. The average Bonchev–Trinajstić information content (AvgIpc) is 3.08. The molecule has 1 aromatic carbocycles. The van der Waals surface area contributed by atoms with Crippen LogP contribution in [0.2, 0.25) is 0 Å².